The number of hydrogen-bond acceptors (Lipinski definition) is 2. The number of rotatable bonds is 6. The molecule has 0 saturated heterocycles. The quantitative estimate of drug-likeness (QED) is 0.172. The molecule has 0 aliphatic heterocycles. The van der Waals surface area contributed by atoms with Gasteiger partial charge in [-0.1, -0.05) is 178 Å². The lowest BCUT2D eigenvalue weighted by Gasteiger charge is -2.22. The summed E-state index contributed by atoms with van der Waals surface area (Å²) in [6.45, 7) is 4.71. The fourth-order valence-corrected chi connectivity index (χ4v) is 8.36. The maximum absolute atomic E-state index is 5.21. The van der Waals surface area contributed by atoms with Crippen LogP contribution in [-0.4, -0.2) is 9.97 Å². The first-order chi connectivity index (χ1) is 27.0. The molecule has 2 heteroatoms. The highest BCUT2D eigenvalue weighted by molar-refractivity contribution is 5.99. The second-order valence-electron chi connectivity index (χ2n) is 15.0. The highest BCUT2D eigenvalue weighted by atomic mass is 14.9. The normalized spacial score (nSPS) is 12.7. The van der Waals surface area contributed by atoms with Gasteiger partial charge in [0.1, 0.15) is 0 Å². The van der Waals surface area contributed by atoms with Crippen LogP contribution in [-0.2, 0) is 5.41 Å². The first kappa shape index (κ1) is 32.7. The minimum Gasteiger partial charge on any atom is -0.228 e. The van der Waals surface area contributed by atoms with E-state index in [4.69, 9.17) is 9.97 Å². The molecule has 0 atom stereocenters. The molecular formula is C53H38N2. The third-order valence-electron chi connectivity index (χ3n) is 11.3. The summed E-state index contributed by atoms with van der Waals surface area (Å²) in [5.74, 6) is 0.708. The minimum atomic E-state index is -0.104. The van der Waals surface area contributed by atoms with Crippen LogP contribution < -0.4 is 0 Å². The highest BCUT2D eigenvalue weighted by Crippen LogP contribution is 2.53. The van der Waals surface area contributed by atoms with Crippen molar-refractivity contribution >= 4 is 10.8 Å². The number of benzene rings is 8. The van der Waals surface area contributed by atoms with Crippen LogP contribution in [0.2, 0.25) is 0 Å². The Kier molecular flexibility index (Phi) is 7.85. The van der Waals surface area contributed by atoms with Gasteiger partial charge in [-0.05, 0) is 96.7 Å². The van der Waals surface area contributed by atoms with E-state index >= 15 is 0 Å². The zero-order valence-corrected chi connectivity index (χ0v) is 30.9. The van der Waals surface area contributed by atoms with Crippen molar-refractivity contribution in [3.63, 3.8) is 0 Å². The van der Waals surface area contributed by atoms with Crippen molar-refractivity contribution < 1.29 is 0 Å². The molecule has 1 aliphatic carbocycles. The van der Waals surface area contributed by atoms with Crippen molar-refractivity contribution in [3.05, 3.63) is 205 Å². The van der Waals surface area contributed by atoms with Gasteiger partial charge in [0, 0.05) is 22.1 Å². The Labute approximate surface area is 322 Å². The van der Waals surface area contributed by atoms with Gasteiger partial charge >= 0.3 is 0 Å². The van der Waals surface area contributed by atoms with Crippen LogP contribution in [0.5, 0.6) is 0 Å². The molecule has 0 fully saturated rings. The number of aromatic nitrogens is 2. The Morgan fingerprint density at radius 1 is 0.327 bits per heavy atom. The average molecular weight is 703 g/mol. The second-order valence-corrected chi connectivity index (χ2v) is 15.0. The summed E-state index contributed by atoms with van der Waals surface area (Å²) in [6.07, 6.45) is 0. The summed E-state index contributed by atoms with van der Waals surface area (Å²) in [6, 6.07) is 69.6. The van der Waals surface area contributed by atoms with Crippen LogP contribution in [0.25, 0.3) is 89.2 Å². The predicted octanol–water partition coefficient (Wildman–Crippen LogP) is 13.9. The van der Waals surface area contributed by atoms with Gasteiger partial charge < -0.3 is 0 Å². The van der Waals surface area contributed by atoms with Crippen LogP contribution in [0, 0.1) is 0 Å². The molecule has 0 unspecified atom stereocenters. The molecule has 9 aromatic rings. The molecule has 1 aromatic heterocycles. The zero-order valence-electron chi connectivity index (χ0n) is 30.9. The topological polar surface area (TPSA) is 25.8 Å². The summed E-state index contributed by atoms with van der Waals surface area (Å²) < 4.78 is 0. The summed E-state index contributed by atoms with van der Waals surface area (Å²) in [4.78, 5) is 10.4. The summed E-state index contributed by atoms with van der Waals surface area (Å²) in [7, 11) is 0. The van der Waals surface area contributed by atoms with Crippen LogP contribution in [0.4, 0.5) is 0 Å². The Bertz CT molecular complexity index is 2870. The Morgan fingerprint density at radius 2 is 0.818 bits per heavy atom. The van der Waals surface area contributed by atoms with E-state index in [-0.39, 0.29) is 5.41 Å². The largest absolute Gasteiger partial charge is 0.228 e. The van der Waals surface area contributed by atoms with Gasteiger partial charge in [0.05, 0.1) is 11.4 Å². The summed E-state index contributed by atoms with van der Waals surface area (Å²) in [5, 5.41) is 2.55. The van der Waals surface area contributed by atoms with Crippen LogP contribution in [0.15, 0.2) is 194 Å². The molecule has 8 aromatic carbocycles. The zero-order chi connectivity index (χ0) is 36.9. The number of hydrogen-bond donors (Lipinski definition) is 0. The van der Waals surface area contributed by atoms with Crippen LogP contribution in [0.1, 0.15) is 25.0 Å². The minimum absolute atomic E-state index is 0.104. The van der Waals surface area contributed by atoms with Gasteiger partial charge in [-0.15, -0.1) is 0 Å². The molecule has 1 heterocycles. The van der Waals surface area contributed by atoms with Gasteiger partial charge in [-0.2, -0.15) is 0 Å². The van der Waals surface area contributed by atoms with Crippen molar-refractivity contribution in [3.8, 4) is 78.4 Å². The second kappa shape index (κ2) is 13.2. The van der Waals surface area contributed by atoms with E-state index in [0.717, 1.165) is 33.6 Å². The highest BCUT2D eigenvalue weighted by Gasteiger charge is 2.37. The molecule has 10 rings (SSSR count). The van der Waals surface area contributed by atoms with E-state index in [1.807, 2.05) is 18.2 Å². The van der Waals surface area contributed by atoms with Gasteiger partial charge in [0.2, 0.25) is 0 Å². The van der Waals surface area contributed by atoms with Crippen LogP contribution >= 0.6 is 0 Å². The molecule has 0 bridgehead atoms. The lowest BCUT2D eigenvalue weighted by atomic mass is 9.81. The first-order valence-electron chi connectivity index (χ1n) is 19.0. The third kappa shape index (κ3) is 5.84. The maximum Gasteiger partial charge on any atom is 0.160 e. The summed E-state index contributed by atoms with van der Waals surface area (Å²) >= 11 is 0. The van der Waals surface area contributed by atoms with Gasteiger partial charge in [-0.3, -0.25) is 0 Å². The molecule has 1 aliphatic rings. The fraction of sp³-hybridized carbons (Fsp3) is 0.0566. The van der Waals surface area contributed by atoms with Crippen LogP contribution in [0.3, 0.4) is 0 Å². The van der Waals surface area contributed by atoms with E-state index in [9.17, 15) is 0 Å². The molecule has 2 nitrogen and oxygen atoms in total. The van der Waals surface area contributed by atoms with Gasteiger partial charge in [-0.25, -0.2) is 9.97 Å². The fourth-order valence-electron chi connectivity index (χ4n) is 8.36. The molecule has 0 saturated carbocycles. The molecule has 0 amide bonds. The summed E-state index contributed by atoms with van der Waals surface area (Å²) in [5.41, 5.74) is 17.3. The molecule has 0 N–H and O–H groups in total. The first-order valence-corrected chi connectivity index (χ1v) is 19.0. The van der Waals surface area contributed by atoms with E-state index in [1.54, 1.807) is 0 Å². The number of fused-ring (bicyclic) bond motifs is 4. The molecule has 0 spiro atoms. The van der Waals surface area contributed by atoms with Crippen molar-refractivity contribution in [1.29, 1.82) is 0 Å². The standard InChI is InChI=1S/C53H38N2/c1-53(2)47-25-13-24-45(51(47)46-32-40-18-9-10-19-41(40)33-48(46)53)42-21-12-23-44(31-42)50-34-49(54-52(55-50)38-16-7-4-8-17-38)43-22-11-20-39(30-43)37-28-26-36(27-29-37)35-14-5-3-6-15-35/h3-34H,1-2H3. The lowest BCUT2D eigenvalue weighted by Crippen LogP contribution is -2.14. The van der Waals surface area contributed by atoms with Crippen molar-refractivity contribution in [2.24, 2.45) is 0 Å². The number of nitrogens with zero attached hydrogens (tertiary/aromatic N) is 2. The Balaban J connectivity index is 1.07. The SMILES string of the molecule is CC1(C)c2cc3ccccc3cc2-c2c(-c3cccc(-c4cc(-c5cccc(-c6ccc(-c7ccccc7)cc6)c5)nc(-c5ccccc5)n4)c3)cccc21. The predicted molar refractivity (Wildman–Crippen MR) is 230 cm³/mol. The Hall–Kier alpha value is -6.90. The smallest absolute Gasteiger partial charge is 0.160 e. The van der Waals surface area contributed by atoms with Gasteiger partial charge in [0.15, 0.2) is 5.82 Å². The van der Waals surface area contributed by atoms with Crippen molar-refractivity contribution in [1.82, 2.24) is 9.97 Å². The molecule has 55 heavy (non-hydrogen) atoms. The molecule has 260 valence electrons. The van der Waals surface area contributed by atoms with E-state index in [2.05, 4.69) is 190 Å². The molecule has 0 radical (unpaired) electrons. The van der Waals surface area contributed by atoms with Crippen molar-refractivity contribution in [2.45, 2.75) is 19.3 Å². The monoisotopic (exact) mass is 702 g/mol. The van der Waals surface area contributed by atoms with Gasteiger partial charge in [0.25, 0.3) is 0 Å². The van der Waals surface area contributed by atoms with E-state index in [1.165, 1.54) is 60.8 Å². The van der Waals surface area contributed by atoms with E-state index < -0.39 is 0 Å². The van der Waals surface area contributed by atoms with E-state index in [0.29, 0.717) is 5.82 Å². The van der Waals surface area contributed by atoms with Crippen molar-refractivity contribution in [2.75, 3.05) is 0 Å². The average Bonchev–Trinajstić information content (AvgIpc) is 3.48. The third-order valence-corrected chi connectivity index (χ3v) is 11.3. The lowest BCUT2D eigenvalue weighted by molar-refractivity contribution is 0.661. The Morgan fingerprint density at radius 3 is 1.49 bits per heavy atom. The maximum atomic E-state index is 5.21. The molecular weight excluding hydrogens is 665 g/mol.